The van der Waals surface area contributed by atoms with Crippen molar-refractivity contribution in [1.29, 1.82) is 0 Å². The number of carbonyl (C=O) groups is 2. The molecule has 6 nitrogen and oxygen atoms in total. The van der Waals surface area contributed by atoms with Crippen LogP contribution in [0.1, 0.15) is 15.9 Å². The van der Waals surface area contributed by atoms with Gasteiger partial charge in [-0.3, -0.25) is 9.59 Å². The van der Waals surface area contributed by atoms with Crippen LogP contribution in [0, 0.1) is 0 Å². The van der Waals surface area contributed by atoms with Crippen molar-refractivity contribution in [2.75, 3.05) is 13.7 Å². The summed E-state index contributed by atoms with van der Waals surface area (Å²) in [6.45, 7) is -0.249. The van der Waals surface area contributed by atoms with E-state index in [0.717, 1.165) is 0 Å². The molecule has 2 aromatic rings. The van der Waals surface area contributed by atoms with Gasteiger partial charge in [-0.15, -0.1) is 0 Å². The first kappa shape index (κ1) is 18.8. The van der Waals surface area contributed by atoms with Crippen LogP contribution >= 0.6 is 23.2 Å². The summed E-state index contributed by atoms with van der Waals surface area (Å²) in [5, 5.41) is 6.91. The maximum atomic E-state index is 12.0. The van der Waals surface area contributed by atoms with Crippen LogP contribution in [0.15, 0.2) is 47.6 Å². The van der Waals surface area contributed by atoms with E-state index >= 15 is 0 Å². The molecule has 0 aliphatic rings. The molecule has 0 aliphatic heterocycles. The van der Waals surface area contributed by atoms with Crippen LogP contribution in [0.2, 0.25) is 10.0 Å². The number of benzene rings is 2. The summed E-state index contributed by atoms with van der Waals surface area (Å²) in [6, 6.07) is 11.7. The van der Waals surface area contributed by atoms with E-state index in [0.29, 0.717) is 16.3 Å². The van der Waals surface area contributed by atoms with Gasteiger partial charge in [-0.2, -0.15) is 5.10 Å². The van der Waals surface area contributed by atoms with Crippen molar-refractivity contribution in [3.05, 3.63) is 63.6 Å². The molecule has 130 valence electrons. The van der Waals surface area contributed by atoms with Crippen LogP contribution in [0.25, 0.3) is 0 Å². The Hall–Kier alpha value is -2.57. The van der Waals surface area contributed by atoms with Crippen LogP contribution in [0.5, 0.6) is 5.75 Å². The number of hydrogen-bond donors (Lipinski definition) is 2. The van der Waals surface area contributed by atoms with Crippen molar-refractivity contribution in [3.63, 3.8) is 0 Å². The number of halogens is 2. The quantitative estimate of drug-likeness (QED) is 0.598. The summed E-state index contributed by atoms with van der Waals surface area (Å²) in [7, 11) is 1.54. The third kappa shape index (κ3) is 5.48. The molecule has 2 aromatic carbocycles. The summed E-state index contributed by atoms with van der Waals surface area (Å²) in [5.41, 5.74) is 3.26. The highest BCUT2D eigenvalue weighted by Gasteiger charge is 2.11. The van der Waals surface area contributed by atoms with Gasteiger partial charge in [0.1, 0.15) is 5.75 Å². The van der Waals surface area contributed by atoms with Crippen molar-refractivity contribution in [3.8, 4) is 5.75 Å². The first-order valence-corrected chi connectivity index (χ1v) is 7.95. The molecule has 0 spiro atoms. The highest BCUT2D eigenvalue weighted by Crippen LogP contribution is 2.20. The summed E-state index contributed by atoms with van der Waals surface area (Å²) >= 11 is 11.7. The number of nitrogens with zero attached hydrogens (tertiary/aromatic N) is 1. The largest absolute Gasteiger partial charge is 0.496 e. The zero-order valence-electron chi connectivity index (χ0n) is 13.3. The van der Waals surface area contributed by atoms with Gasteiger partial charge in [0.15, 0.2) is 0 Å². The average molecular weight is 380 g/mol. The molecule has 0 aromatic heterocycles. The van der Waals surface area contributed by atoms with Crippen LogP contribution in [0.4, 0.5) is 0 Å². The number of hydrogen-bond acceptors (Lipinski definition) is 4. The fraction of sp³-hybridized carbons (Fsp3) is 0.118. The molecule has 2 N–H and O–H groups in total. The van der Waals surface area contributed by atoms with Gasteiger partial charge in [-0.05, 0) is 30.3 Å². The predicted molar refractivity (Wildman–Crippen MR) is 97.5 cm³/mol. The number of methoxy groups -OCH3 is 1. The Labute approximate surface area is 154 Å². The first-order valence-electron chi connectivity index (χ1n) is 7.19. The van der Waals surface area contributed by atoms with Crippen molar-refractivity contribution in [1.82, 2.24) is 10.7 Å². The highest BCUT2D eigenvalue weighted by molar-refractivity contribution is 6.36. The number of hydrazone groups is 1. The van der Waals surface area contributed by atoms with Crippen molar-refractivity contribution < 1.29 is 14.3 Å². The minimum atomic E-state index is -0.482. The Morgan fingerprint density at radius 3 is 2.68 bits per heavy atom. The molecule has 8 heteroatoms. The molecule has 0 saturated carbocycles. The molecule has 0 heterocycles. The van der Waals surface area contributed by atoms with Gasteiger partial charge < -0.3 is 10.1 Å². The van der Waals surface area contributed by atoms with Gasteiger partial charge in [-0.1, -0.05) is 35.3 Å². The summed E-state index contributed by atoms with van der Waals surface area (Å²) in [5.74, 6) is -0.332. The van der Waals surface area contributed by atoms with Crippen LogP contribution in [0.3, 0.4) is 0 Å². The van der Waals surface area contributed by atoms with Crippen LogP contribution < -0.4 is 15.5 Å². The van der Waals surface area contributed by atoms with Crippen molar-refractivity contribution in [2.45, 2.75) is 0 Å². The fourth-order valence-electron chi connectivity index (χ4n) is 1.92. The normalized spacial score (nSPS) is 10.5. The SMILES string of the molecule is COc1ccccc1/C=N/NC(=O)CNC(=O)c1ccc(Cl)cc1Cl. The monoisotopic (exact) mass is 379 g/mol. The minimum absolute atomic E-state index is 0.208. The van der Waals surface area contributed by atoms with Crippen molar-refractivity contribution >= 4 is 41.2 Å². The smallest absolute Gasteiger partial charge is 0.259 e. The highest BCUT2D eigenvalue weighted by atomic mass is 35.5. The van der Waals surface area contributed by atoms with Gasteiger partial charge in [0.2, 0.25) is 0 Å². The van der Waals surface area contributed by atoms with Crippen molar-refractivity contribution in [2.24, 2.45) is 5.10 Å². The molecule has 25 heavy (non-hydrogen) atoms. The van der Waals surface area contributed by atoms with Crippen LogP contribution in [-0.2, 0) is 4.79 Å². The van der Waals surface area contributed by atoms with Gasteiger partial charge >= 0.3 is 0 Å². The Bertz CT molecular complexity index is 809. The molecule has 0 saturated heterocycles. The Morgan fingerprint density at radius 1 is 1.20 bits per heavy atom. The van der Waals surface area contributed by atoms with Gasteiger partial charge in [0.25, 0.3) is 11.8 Å². The molecule has 0 fully saturated rings. The van der Waals surface area contributed by atoms with Gasteiger partial charge in [0.05, 0.1) is 30.5 Å². The topological polar surface area (TPSA) is 79.8 Å². The second-order valence-corrected chi connectivity index (χ2v) is 5.69. The first-order chi connectivity index (χ1) is 12.0. The average Bonchev–Trinajstić information content (AvgIpc) is 2.60. The molecule has 0 atom stereocenters. The van der Waals surface area contributed by atoms with E-state index in [1.807, 2.05) is 12.1 Å². The number of ether oxygens (including phenoxy) is 1. The summed E-state index contributed by atoms with van der Waals surface area (Å²) < 4.78 is 5.17. The Kier molecular flexibility index (Phi) is 6.80. The maximum absolute atomic E-state index is 12.0. The minimum Gasteiger partial charge on any atom is -0.496 e. The van der Waals surface area contributed by atoms with E-state index < -0.39 is 11.8 Å². The maximum Gasteiger partial charge on any atom is 0.259 e. The third-order valence-electron chi connectivity index (χ3n) is 3.12. The fourth-order valence-corrected chi connectivity index (χ4v) is 2.41. The molecule has 0 radical (unpaired) electrons. The van der Waals surface area contributed by atoms with E-state index in [1.54, 1.807) is 25.3 Å². The lowest BCUT2D eigenvalue weighted by atomic mass is 10.2. The van der Waals surface area contributed by atoms with E-state index in [4.69, 9.17) is 27.9 Å². The molecule has 2 amide bonds. The lowest BCUT2D eigenvalue weighted by Gasteiger charge is -2.06. The number of para-hydroxylation sites is 1. The van der Waals surface area contributed by atoms with E-state index in [2.05, 4.69) is 15.8 Å². The molecule has 2 rings (SSSR count). The van der Waals surface area contributed by atoms with E-state index in [-0.39, 0.29) is 17.1 Å². The zero-order valence-corrected chi connectivity index (χ0v) is 14.8. The van der Waals surface area contributed by atoms with Crippen LogP contribution in [-0.4, -0.2) is 31.7 Å². The number of carbonyl (C=O) groups excluding carboxylic acids is 2. The molecular formula is C17H15Cl2N3O3. The summed E-state index contributed by atoms with van der Waals surface area (Å²) in [4.78, 5) is 23.7. The Balaban J connectivity index is 1.86. The van der Waals surface area contributed by atoms with Gasteiger partial charge in [-0.25, -0.2) is 5.43 Å². The predicted octanol–water partition coefficient (Wildman–Crippen LogP) is 2.88. The van der Waals surface area contributed by atoms with Gasteiger partial charge in [0, 0.05) is 10.6 Å². The second-order valence-electron chi connectivity index (χ2n) is 4.84. The van der Waals surface area contributed by atoms with E-state index in [1.165, 1.54) is 18.3 Å². The number of nitrogens with one attached hydrogen (secondary N) is 2. The molecule has 0 aliphatic carbocycles. The third-order valence-corrected chi connectivity index (χ3v) is 3.66. The standard InChI is InChI=1S/C17H15Cl2N3O3/c1-25-15-5-3-2-4-11(15)9-21-22-16(23)10-20-17(24)13-7-6-12(18)8-14(13)19/h2-9H,10H2,1H3,(H,20,24)(H,22,23)/b21-9+. The molecular weight excluding hydrogens is 365 g/mol. The summed E-state index contributed by atoms with van der Waals surface area (Å²) in [6.07, 6.45) is 1.45. The second kappa shape index (κ2) is 9.05. The molecule has 0 bridgehead atoms. The number of rotatable bonds is 6. The molecule has 0 unspecified atom stereocenters. The lowest BCUT2D eigenvalue weighted by molar-refractivity contribution is -0.120. The Morgan fingerprint density at radius 2 is 1.96 bits per heavy atom. The lowest BCUT2D eigenvalue weighted by Crippen LogP contribution is -2.35. The zero-order chi connectivity index (χ0) is 18.2. The number of amides is 2. The van der Waals surface area contributed by atoms with E-state index in [9.17, 15) is 9.59 Å².